The Labute approximate surface area is 104 Å². The molecule has 100 valence electrons. The van der Waals surface area contributed by atoms with Crippen molar-refractivity contribution < 1.29 is 9.53 Å². The summed E-state index contributed by atoms with van der Waals surface area (Å²) in [4.78, 5) is 14.2. The van der Waals surface area contributed by atoms with Gasteiger partial charge >= 0.3 is 0 Å². The Hall–Kier alpha value is -0.610. The lowest BCUT2D eigenvalue weighted by atomic mass is 10.2. The Bertz CT molecular complexity index is 215. The maximum absolute atomic E-state index is 12.1. The van der Waals surface area contributed by atoms with Gasteiger partial charge in [-0.2, -0.15) is 0 Å². The van der Waals surface area contributed by atoms with Crippen LogP contribution in [0.25, 0.3) is 0 Å². The Morgan fingerprint density at radius 3 is 2.71 bits per heavy atom. The molecule has 1 fully saturated rings. The molecule has 0 aliphatic heterocycles. The topological polar surface area (TPSA) is 55.6 Å². The highest BCUT2D eigenvalue weighted by atomic mass is 16.5. The first-order valence-electron chi connectivity index (χ1n) is 6.86. The van der Waals surface area contributed by atoms with E-state index in [2.05, 4.69) is 0 Å². The van der Waals surface area contributed by atoms with Gasteiger partial charge in [0.2, 0.25) is 5.91 Å². The minimum absolute atomic E-state index is 0.235. The van der Waals surface area contributed by atoms with Gasteiger partial charge in [0.15, 0.2) is 0 Å². The Kier molecular flexibility index (Phi) is 7.21. The molecule has 0 radical (unpaired) electrons. The minimum Gasteiger partial charge on any atom is -0.381 e. The van der Waals surface area contributed by atoms with Crippen LogP contribution in [0.1, 0.15) is 45.4 Å². The lowest BCUT2D eigenvalue weighted by Crippen LogP contribution is -2.40. The van der Waals surface area contributed by atoms with Crippen LogP contribution in [-0.2, 0) is 9.53 Å². The van der Waals surface area contributed by atoms with Gasteiger partial charge in [-0.3, -0.25) is 4.79 Å². The number of hydrogen-bond acceptors (Lipinski definition) is 3. The zero-order valence-electron chi connectivity index (χ0n) is 11.0. The molecule has 0 aromatic carbocycles. The van der Waals surface area contributed by atoms with E-state index in [0.29, 0.717) is 32.2 Å². The van der Waals surface area contributed by atoms with E-state index in [1.54, 1.807) is 0 Å². The van der Waals surface area contributed by atoms with Gasteiger partial charge in [0, 0.05) is 19.2 Å². The van der Waals surface area contributed by atoms with Crippen molar-refractivity contribution in [3.8, 4) is 0 Å². The second-order valence-corrected chi connectivity index (χ2v) is 4.61. The molecule has 1 saturated carbocycles. The number of nitrogens with two attached hydrogens (primary N) is 1. The molecule has 0 bridgehead atoms. The van der Waals surface area contributed by atoms with Crippen LogP contribution in [0.4, 0.5) is 0 Å². The first-order chi connectivity index (χ1) is 8.29. The fourth-order valence-corrected chi connectivity index (χ4v) is 2.44. The number of rotatable bonds is 8. The molecule has 1 amide bonds. The van der Waals surface area contributed by atoms with Crippen LogP contribution in [0.3, 0.4) is 0 Å². The highest BCUT2D eigenvalue weighted by molar-refractivity contribution is 5.76. The van der Waals surface area contributed by atoms with Gasteiger partial charge in [0.25, 0.3) is 0 Å². The van der Waals surface area contributed by atoms with Crippen molar-refractivity contribution in [3.63, 3.8) is 0 Å². The summed E-state index contributed by atoms with van der Waals surface area (Å²) in [5, 5.41) is 0. The maximum atomic E-state index is 12.1. The van der Waals surface area contributed by atoms with E-state index in [-0.39, 0.29) is 5.91 Å². The molecule has 0 spiro atoms. The molecule has 0 aromatic heterocycles. The van der Waals surface area contributed by atoms with Gasteiger partial charge in [-0.15, -0.1) is 0 Å². The molecule has 1 rings (SSSR count). The molecular weight excluding hydrogens is 216 g/mol. The molecule has 0 atom stereocenters. The van der Waals surface area contributed by atoms with Crippen molar-refractivity contribution in [1.29, 1.82) is 0 Å². The molecule has 17 heavy (non-hydrogen) atoms. The molecule has 0 aromatic rings. The highest BCUT2D eigenvalue weighted by Crippen LogP contribution is 2.24. The first kappa shape index (κ1) is 14.5. The van der Waals surface area contributed by atoms with E-state index in [4.69, 9.17) is 10.5 Å². The Morgan fingerprint density at radius 2 is 2.12 bits per heavy atom. The normalized spacial score (nSPS) is 16.4. The summed E-state index contributed by atoms with van der Waals surface area (Å²) >= 11 is 0. The van der Waals surface area contributed by atoms with Crippen molar-refractivity contribution >= 4 is 5.91 Å². The molecule has 4 nitrogen and oxygen atoms in total. The molecular formula is C13H26N2O2. The van der Waals surface area contributed by atoms with Crippen molar-refractivity contribution in [1.82, 2.24) is 4.90 Å². The average molecular weight is 242 g/mol. The van der Waals surface area contributed by atoms with Gasteiger partial charge in [0.05, 0.1) is 13.0 Å². The van der Waals surface area contributed by atoms with Crippen LogP contribution in [0.5, 0.6) is 0 Å². The lowest BCUT2D eigenvalue weighted by molar-refractivity contribution is -0.134. The summed E-state index contributed by atoms with van der Waals surface area (Å²) in [6.45, 7) is 4.64. The number of nitrogens with zero attached hydrogens (tertiary/aromatic N) is 1. The fraction of sp³-hybridized carbons (Fsp3) is 0.923. The van der Waals surface area contributed by atoms with E-state index < -0.39 is 0 Å². The largest absolute Gasteiger partial charge is 0.381 e. The summed E-state index contributed by atoms with van der Waals surface area (Å²) in [5.74, 6) is 0.235. The summed E-state index contributed by atoms with van der Waals surface area (Å²) in [6.07, 6.45) is 6.23. The SMILES string of the molecule is CCOCCC(=O)N(CCCN)C1CCCC1. The minimum atomic E-state index is 0.235. The van der Waals surface area contributed by atoms with Gasteiger partial charge in [-0.05, 0) is 32.7 Å². The molecule has 4 heteroatoms. The number of amides is 1. The Morgan fingerprint density at radius 1 is 1.41 bits per heavy atom. The predicted octanol–water partition coefficient (Wildman–Crippen LogP) is 1.53. The van der Waals surface area contributed by atoms with Crippen LogP contribution >= 0.6 is 0 Å². The summed E-state index contributed by atoms with van der Waals surface area (Å²) in [6, 6.07) is 0.454. The van der Waals surface area contributed by atoms with Crippen LogP contribution in [0.15, 0.2) is 0 Å². The number of carbonyl (C=O) groups excluding carboxylic acids is 1. The van der Waals surface area contributed by atoms with E-state index in [1.807, 2.05) is 11.8 Å². The van der Waals surface area contributed by atoms with E-state index in [1.165, 1.54) is 12.8 Å². The molecule has 0 heterocycles. The van der Waals surface area contributed by atoms with Gasteiger partial charge in [0.1, 0.15) is 0 Å². The zero-order chi connectivity index (χ0) is 12.5. The third-order valence-corrected chi connectivity index (χ3v) is 3.35. The molecule has 1 aliphatic carbocycles. The van der Waals surface area contributed by atoms with Gasteiger partial charge in [-0.25, -0.2) is 0 Å². The van der Waals surface area contributed by atoms with Crippen molar-refractivity contribution in [2.24, 2.45) is 5.73 Å². The van der Waals surface area contributed by atoms with Crippen LogP contribution in [-0.4, -0.2) is 43.2 Å². The van der Waals surface area contributed by atoms with Crippen LogP contribution in [0.2, 0.25) is 0 Å². The summed E-state index contributed by atoms with van der Waals surface area (Å²) in [5.41, 5.74) is 5.53. The van der Waals surface area contributed by atoms with Crippen LogP contribution < -0.4 is 5.73 Å². The predicted molar refractivity (Wildman–Crippen MR) is 68.8 cm³/mol. The standard InChI is InChI=1S/C13H26N2O2/c1-2-17-11-8-13(16)15(10-5-9-14)12-6-3-4-7-12/h12H,2-11,14H2,1H3. The Balaban J connectivity index is 2.39. The molecule has 0 unspecified atom stereocenters. The zero-order valence-corrected chi connectivity index (χ0v) is 11.0. The number of carbonyl (C=O) groups is 1. The lowest BCUT2D eigenvalue weighted by Gasteiger charge is -2.29. The van der Waals surface area contributed by atoms with E-state index in [0.717, 1.165) is 25.8 Å². The van der Waals surface area contributed by atoms with Gasteiger partial charge < -0.3 is 15.4 Å². The first-order valence-corrected chi connectivity index (χ1v) is 6.86. The number of ether oxygens (including phenoxy) is 1. The van der Waals surface area contributed by atoms with Gasteiger partial charge in [-0.1, -0.05) is 12.8 Å². The third-order valence-electron chi connectivity index (χ3n) is 3.35. The highest BCUT2D eigenvalue weighted by Gasteiger charge is 2.25. The van der Waals surface area contributed by atoms with Crippen molar-refractivity contribution in [2.75, 3.05) is 26.3 Å². The monoisotopic (exact) mass is 242 g/mol. The molecule has 0 saturated heterocycles. The quantitative estimate of drug-likeness (QED) is 0.657. The molecule has 2 N–H and O–H groups in total. The van der Waals surface area contributed by atoms with Crippen LogP contribution in [0, 0.1) is 0 Å². The van der Waals surface area contributed by atoms with Crippen molar-refractivity contribution in [3.05, 3.63) is 0 Å². The van der Waals surface area contributed by atoms with E-state index in [9.17, 15) is 4.79 Å². The second-order valence-electron chi connectivity index (χ2n) is 4.61. The fourth-order valence-electron chi connectivity index (χ4n) is 2.44. The summed E-state index contributed by atoms with van der Waals surface area (Å²) < 4.78 is 5.25. The second kappa shape index (κ2) is 8.48. The van der Waals surface area contributed by atoms with Crippen molar-refractivity contribution in [2.45, 2.75) is 51.5 Å². The third kappa shape index (κ3) is 5.04. The number of hydrogen-bond donors (Lipinski definition) is 1. The van der Waals surface area contributed by atoms with E-state index >= 15 is 0 Å². The smallest absolute Gasteiger partial charge is 0.225 e. The molecule has 1 aliphatic rings. The summed E-state index contributed by atoms with van der Waals surface area (Å²) in [7, 11) is 0. The average Bonchev–Trinajstić information content (AvgIpc) is 2.83. The maximum Gasteiger partial charge on any atom is 0.225 e.